The molecule has 0 aliphatic carbocycles. The monoisotopic (exact) mass is 312 g/mol. The SMILES string of the molecule is NC(=S)c1ccccc1S(=O)(=O)N1CCCCCCC1. The predicted molar refractivity (Wildman–Crippen MR) is 84.2 cm³/mol. The lowest BCUT2D eigenvalue weighted by molar-refractivity contribution is 0.364. The summed E-state index contributed by atoms with van der Waals surface area (Å²) in [5, 5.41) is 0. The molecule has 20 heavy (non-hydrogen) atoms. The maximum absolute atomic E-state index is 12.8. The van der Waals surface area contributed by atoms with E-state index in [0.29, 0.717) is 18.7 Å². The molecule has 1 aromatic carbocycles. The van der Waals surface area contributed by atoms with Crippen LogP contribution in [0.5, 0.6) is 0 Å². The summed E-state index contributed by atoms with van der Waals surface area (Å²) in [5.74, 6) is 0. The van der Waals surface area contributed by atoms with Gasteiger partial charge in [-0.05, 0) is 18.9 Å². The minimum atomic E-state index is -3.51. The first-order chi connectivity index (χ1) is 9.53. The zero-order chi connectivity index (χ0) is 14.6. The van der Waals surface area contributed by atoms with Gasteiger partial charge in [-0.1, -0.05) is 49.7 Å². The van der Waals surface area contributed by atoms with Gasteiger partial charge in [0.05, 0.1) is 4.90 Å². The summed E-state index contributed by atoms with van der Waals surface area (Å²) >= 11 is 4.96. The highest BCUT2D eigenvalue weighted by molar-refractivity contribution is 7.89. The van der Waals surface area contributed by atoms with Crippen LogP contribution in [0, 0.1) is 0 Å². The summed E-state index contributed by atoms with van der Waals surface area (Å²) in [6.45, 7) is 1.15. The number of rotatable bonds is 3. The lowest BCUT2D eigenvalue weighted by Gasteiger charge is -2.25. The second-order valence-electron chi connectivity index (χ2n) is 5.03. The highest BCUT2D eigenvalue weighted by Crippen LogP contribution is 2.23. The van der Waals surface area contributed by atoms with Gasteiger partial charge in [0.1, 0.15) is 4.99 Å². The number of nitrogens with zero attached hydrogens (tertiary/aromatic N) is 1. The van der Waals surface area contributed by atoms with Crippen LogP contribution in [-0.4, -0.2) is 30.8 Å². The molecule has 0 unspecified atom stereocenters. The molecule has 1 saturated heterocycles. The van der Waals surface area contributed by atoms with Crippen LogP contribution in [0.4, 0.5) is 0 Å². The van der Waals surface area contributed by atoms with E-state index in [1.165, 1.54) is 6.42 Å². The fourth-order valence-corrected chi connectivity index (χ4v) is 4.46. The third-order valence-electron chi connectivity index (χ3n) is 3.59. The molecule has 2 rings (SSSR count). The zero-order valence-corrected chi connectivity index (χ0v) is 13.0. The Balaban J connectivity index is 2.36. The van der Waals surface area contributed by atoms with E-state index in [1.54, 1.807) is 28.6 Å². The Bertz CT molecular complexity index is 577. The summed E-state index contributed by atoms with van der Waals surface area (Å²) in [6, 6.07) is 6.71. The largest absolute Gasteiger partial charge is 0.389 e. The highest BCUT2D eigenvalue weighted by atomic mass is 32.2. The van der Waals surface area contributed by atoms with E-state index in [2.05, 4.69) is 0 Å². The van der Waals surface area contributed by atoms with E-state index < -0.39 is 10.0 Å². The third-order valence-corrected chi connectivity index (χ3v) is 5.76. The topological polar surface area (TPSA) is 63.4 Å². The molecule has 0 amide bonds. The number of thiocarbonyl (C=S) groups is 1. The van der Waals surface area contributed by atoms with Gasteiger partial charge in [-0.15, -0.1) is 0 Å². The van der Waals surface area contributed by atoms with Crippen LogP contribution in [0.1, 0.15) is 37.7 Å². The summed E-state index contributed by atoms with van der Waals surface area (Å²) < 4.78 is 27.1. The van der Waals surface area contributed by atoms with Crippen molar-refractivity contribution in [1.29, 1.82) is 0 Å². The first-order valence-corrected chi connectivity index (χ1v) is 8.77. The molecule has 0 radical (unpaired) electrons. The molecule has 2 N–H and O–H groups in total. The summed E-state index contributed by atoms with van der Waals surface area (Å²) in [7, 11) is -3.51. The van der Waals surface area contributed by atoms with Gasteiger partial charge in [0.15, 0.2) is 0 Å². The van der Waals surface area contributed by atoms with Gasteiger partial charge in [-0.3, -0.25) is 0 Å². The van der Waals surface area contributed by atoms with Crippen molar-refractivity contribution in [2.75, 3.05) is 13.1 Å². The van der Waals surface area contributed by atoms with Crippen LogP contribution in [0.2, 0.25) is 0 Å². The van der Waals surface area contributed by atoms with Crippen LogP contribution in [0.15, 0.2) is 29.2 Å². The third kappa shape index (κ3) is 3.37. The summed E-state index contributed by atoms with van der Waals surface area (Å²) in [4.78, 5) is 0.351. The van der Waals surface area contributed by atoms with E-state index in [1.807, 2.05) is 0 Å². The van der Waals surface area contributed by atoms with Crippen molar-refractivity contribution in [3.05, 3.63) is 29.8 Å². The van der Waals surface area contributed by atoms with Crippen molar-refractivity contribution in [2.24, 2.45) is 5.73 Å². The number of benzene rings is 1. The lowest BCUT2D eigenvalue weighted by Crippen LogP contribution is -2.35. The zero-order valence-electron chi connectivity index (χ0n) is 11.4. The van der Waals surface area contributed by atoms with Crippen molar-refractivity contribution in [1.82, 2.24) is 4.31 Å². The molecule has 1 aliphatic rings. The van der Waals surface area contributed by atoms with Gasteiger partial charge in [0, 0.05) is 18.7 Å². The van der Waals surface area contributed by atoms with Crippen LogP contribution < -0.4 is 5.73 Å². The Morgan fingerprint density at radius 1 is 1.05 bits per heavy atom. The van der Waals surface area contributed by atoms with Gasteiger partial charge in [-0.25, -0.2) is 8.42 Å². The smallest absolute Gasteiger partial charge is 0.243 e. The molecule has 1 aromatic rings. The molecular weight excluding hydrogens is 292 g/mol. The lowest BCUT2D eigenvalue weighted by atomic mass is 10.1. The first-order valence-electron chi connectivity index (χ1n) is 6.92. The van der Waals surface area contributed by atoms with E-state index >= 15 is 0 Å². The van der Waals surface area contributed by atoms with Gasteiger partial charge in [0.2, 0.25) is 10.0 Å². The maximum Gasteiger partial charge on any atom is 0.243 e. The molecule has 6 heteroatoms. The molecule has 1 fully saturated rings. The summed E-state index contributed by atoms with van der Waals surface area (Å²) in [5.41, 5.74) is 6.08. The van der Waals surface area contributed by atoms with Gasteiger partial charge < -0.3 is 5.73 Å². The van der Waals surface area contributed by atoms with Gasteiger partial charge >= 0.3 is 0 Å². The molecule has 0 spiro atoms. The highest BCUT2D eigenvalue weighted by Gasteiger charge is 2.27. The fraction of sp³-hybridized carbons (Fsp3) is 0.500. The van der Waals surface area contributed by atoms with Crippen molar-refractivity contribution in [2.45, 2.75) is 37.0 Å². The van der Waals surface area contributed by atoms with E-state index in [9.17, 15) is 8.42 Å². The van der Waals surface area contributed by atoms with Crippen LogP contribution in [-0.2, 0) is 10.0 Å². The first kappa shape index (κ1) is 15.4. The predicted octanol–water partition coefficient (Wildman–Crippen LogP) is 2.28. The van der Waals surface area contributed by atoms with Crippen molar-refractivity contribution in [3.63, 3.8) is 0 Å². The number of nitrogens with two attached hydrogens (primary N) is 1. The molecule has 0 atom stereocenters. The minimum Gasteiger partial charge on any atom is -0.389 e. The molecule has 1 heterocycles. The molecule has 4 nitrogen and oxygen atoms in total. The average molecular weight is 312 g/mol. The molecule has 0 aromatic heterocycles. The number of sulfonamides is 1. The van der Waals surface area contributed by atoms with Crippen molar-refractivity contribution in [3.8, 4) is 0 Å². The number of hydrogen-bond acceptors (Lipinski definition) is 3. The Morgan fingerprint density at radius 3 is 2.20 bits per heavy atom. The Hall–Kier alpha value is -0.980. The normalized spacial score (nSPS) is 18.2. The van der Waals surface area contributed by atoms with Crippen LogP contribution in [0.3, 0.4) is 0 Å². The van der Waals surface area contributed by atoms with E-state index in [-0.39, 0.29) is 9.88 Å². The van der Waals surface area contributed by atoms with Crippen molar-refractivity contribution < 1.29 is 8.42 Å². The van der Waals surface area contributed by atoms with Crippen molar-refractivity contribution >= 4 is 27.2 Å². The average Bonchev–Trinajstić information content (AvgIpc) is 2.37. The fourth-order valence-electron chi connectivity index (χ4n) is 2.49. The van der Waals surface area contributed by atoms with Gasteiger partial charge in [-0.2, -0.15) is 4.31 Å². The standard InChI is InChI=1S/C14H20N2O2S2/c15-14(19)12-8-4-5-9-13(12)20(17,18)16-10-6-2-1-3-7-11-16/h4-5,8-9H,1-3,6-7,10-11H2,(H2,15,19). The Morgan fingerprint density at radius 2 is 1.60 bits per heavy atom. The Labute approximate surface area is 126 Å². The molecule has 1 aliphatic heterocycles. The second-order valence-corrected chi connectivity index (χ2v) is 7.38. The van der Waals surface area contributed by atoms with Gasteiger partial charge in [0.25, 0.3) is 0 Å². The minimum absolute atomic E-state index is 0.121. The van der Waals surface area contributed by atoms with Crippen LogP contribution >= 0.6 is 12.2 Å². The Kier molecular flexibility index (Phi) is 5.12. The van der Waals surface area contributed by atoms with E-state index in [0.717, 1.165) is 25.7 Å². The molecule has 0 saturated carbocycles. The van der Waals surface area contributed by atoms with E-state index in [4.69, 9.17) is 18.0 Å². The maximum atomic E-state index is 12.8. The quantitative estimate of drug-likeness (QED) is 0.870. The molecule has 0 bridgehead atoms. The van der Waals surface area contributed by atoms with Crippen LogP contribution in [0.25, 0.3) is 0 Å². The number of hydrogen-bond donors (Lipinski definition) is 1. The second kappa shape index (κ2) is 6.65. The molecule has 110 valence electrons. The summed E-state index contributed by atoms with van der Waals surface area (Å²) in [6.07, 6.45) is 5.19. The molecular formula is C14H20N2O2S2.